The molecule has 4 aromatic heterocycles. The molecule has 34 heavy (non-hydrogen) atoms. The third-order valence-corrected chi connectivity index (χ3v) is 8.32. The molecule has 4 heterocycles. The average molecular weight is 490 g/mol. The lowest BCUT2D eigenvalue weighted by Crippen LogP contribution is -2.14. The van der Waals surface area contributed by atoms with Crippen molar-refractivity contribution in [1.29, 1.82) is 0 Å². The summed E-state index contributed by atoms with van der Waals surface area (Å²) in [6.07, 6.45) is 4.77. The van der Waals surface area contributed by atoms with Crippen LogP contribution in [0.1, 0.15) is 35.2 Å². The average Bonchev–Trinajstić information content (AvgIpc) is 3.56. The molecule has 0 unspecified atom stereocenters. The van der Waals surface area contributed by atoms with Crippen molar-refractivity contribution >= 4 is 33.3 Å². The van der Waals surface area contributed by atoms with E-state index in [-0.39, 0.29) is 5.56 Å². The van der Waals surface area contributed by atoms with Crippen LogP contribution in [0, 0.1) is 5.92 Å². The number of H-pyrrole nitrogens is 1. The molecule has 1 N–H and O–H groups in total. The second-order valence-corrected chi connectivity index (χ2v) is 10.7. The first kappa shape index (κ1) is 21.4. The predicted octanol–water partition coefficient (Wildman–Crippen LogP) is 5.30. The lowest BCUT2D eigenvalue weighted by atomic mass is 9.89. The van der Waals surface area contributed by atoms with Crippen molar-refractivity contribution in [2.24, 2.45) is 5.92 Å². The molecule has 0 saturated carbocycles. The molecular formula is C25H23N5O2S2. The lowest BCUT2D eigenvalue weighted by molar-refractivity contribution is 0.509. The topological polar surface area (TPSA) is 89.6 Å². The first-order chi connectivity index (χ1) is 16.7. The van der Waals surface area contributed by atoms with Crippen molar-refractivity contribution in [3.05, 3.63) is 80.9 Å². The fourth-order valence-electron chi connectivity index (χ4n) is 4.49. The Kier molecular flexibility index (Phi) is 5.58. The highest BCUT2D eigenvalue weighted by molar-refractivity contribution is 7.98. The standard InChI is InChI=1S/C25H23N5O2S2/c1-15-9-10-17-19(12-15)34-24-21(17)23(31)26-20(27-24)14-33-25-29-28-22(18-8-5-11-32-18)30(25)13-16-6-3-2-4-7-16/h2-8,11,15H,9-10,12-14H2,1H3,(H,26,27,31)/t15-/m0/s1. The van der Waals surface area contributed by atoms with Gasteiger partial charge in [0.2, 0.25) is 5.82 Å². The molecule has 0 amide bonds. The Morgan fingerprint density at radius 2 is 2.09 bits per heavy atom. The Morgan fingerprint density at radius 1 is 1.21 bits per heavy atom. The minimum Gasteiger partial charge on any atom is -0.461 e. The summed E-state index contributed by atoms with van der Waals surface area (Å²) >= 11 is 3.18. The van der Waals surface area contributed by atoms with Gasteiger partial charge in [0.25, 0.3) is 5.56 Å². The molecular weight excluding hydrogens is 466 g/mol. The normalized spacial score (nSPS) is 15.6. The summed E-state index contributed by atoms with van der Waals surface area (Å²) in [5, 5.41) is 10.4. The first-order valence-corrected chi connectivity index (χ1v) is 13.1. The van der Waals surface area contributed by atoms with E-state index in [2.05, 4.69) is 34.2 Å². The number of furan rings is 1. The van der Waals surface area contributed by atoms with Crippen LogP contribution < -0.4 is 5.56 Å². The van der Waals surface area contributed by atoms with Gasteiger partial charge in [0, 0.05) is 4.88 Å². The molecule has 6 rings (SSSR count). The highest BCUT2D eigenvalue weighted by Crippen LogP contribution is 2.36. The Bertz CT molecular complexity index is 1500. The molecule has 172 valence electrons. The van der Waals surface area contributed by atoms with Crippen LogP contribution in [0.4, 0.5) is 0 Å². The number of thioether (sulfide) groups is 1. The van der Waals surface area contributed by atoms with Crippen LogP contribution in [0.2, 0.25) is 0 Å². The number of benzene rings is 1. The van der Waals surface area contributed by atoms with Crippen molar-refractivity contribution in [3.63, 3.8) is 0 Å². The van der Waals surface area contributed by atoms with Crippen molar-refractivity contribution in [3.8, 4) is 11.6 Å². The van der Waals surface area contributed by atoms with Crippen LogP contribution in [0.15, 0.2) is 63.1 Å². The monoisotopic (exact) mass is 489 g/mol. The smallest absolute Gasteiger partial charge is 0.259 e. The van der Waals surface area contributed by atoms with E-state index in [1.807, 2.05) is 34.9 Å². The van der Waals surface area contributed by atoms with Crippen molar-refractivity contribution < 1.29 is 4.42 Å². The maximum atomic E-state index is 12.9. The summed E-state index contributed by atoms with van der Waals surface area (Å²) in [6, 6.07) is 13.9. The number of aromatic amines is 1. The van der Waals surface area contributed by atoms with E-state index < -0.39 is 0 Å². The predicted molar refractivity (Wildman–Crippen MR) is 134 cm³/mol. The van der Waals surface area contributed by atoms with E-state index in [1.54, 1.807) is 17.6 Å². The maximum absolute atomic E-state index is 12.9. The number of hydrogen-bond donors (Lipinski definition) is 1. The SMILES string of the molecule is C[C@H]1CCc2c(sc3nc(CSc4nnc(-c5ccco5)n4Cc4ccccc4)[nH]c(=O)c23)C1. The van der Waals surface area contributed by atoms with Crippen molar-refractivity contribution in [2.45, 2.75) is 43.6 Å². The minimum atomic E-state index is -0.0327. The zero-order valence-corrected chi connectivity index (χ0v) is 20.3. The number of fused-ring (bicyclic) bond motifs is 3. The molecule has 0 saturated heterocycles. The molecule has 0 radical (unpaired) electrons. The summed E-state index contributed by atoms with van der Waals surface area (Å²) in [7, 11) is 0. The number of hydrogen-bond acceptors (Lipinski definition) is 7. The van der Waals surface area contributed by atoms with Gasteiger partial charge < -0.3 is 9.40 Å². The van der Waals surface area contributed by atoms with Gasteiger partial charge in [-0.3, -0.25) is 9.36 Å². The highest BCUT2D eigenvalue weighted by Gasteiger charge is 2.23. The van der Waals surface area contributed by atoms with Gasteiger partial charge in [0.05, 0.1) is 23.9 Å². The maximum Gasteiger partial charge on any atom is 0.259 e. The zero-order chi connectivity index (χ0) is 23.1. The Balaban J connectivity index is 1.30. The third kappa shape index (κ3) is 3.99. The Hall–Kier alpha value is -3.17. The summed E-state index contributed by atoms with van der Waals surface area (Å²) < 4.78 is 7.64. The molecule has 1 aliphatic rings. The highest BCUT2D eigenvalue weighted by atomic mass is 32.2. The molecule has 9 heteroatoms. The number of rotatable bonds is 6. The number of thiophene rings is 1. The van der Waals surface area contributed by atoms with E-state index >= 15 is 0 Å². The van der Waals surface area contributed by atoms with Gasteiger partial charge in [-0.15, -0.1) is 21.5 Å². The molecule has 0 aliphatic heterocycles. The van der Waals surface area contributed by atoms with Gasteiger partial charge in [-0.25, -0.2) is 4.98 Å². The Labute approximate surface area is 204 Å². The molecule has 0 fully saturated rings. The van der Waals surface area contributed by atoms with E-state index in [0.29, 0.717) is 35.6 Å². The summed E-state index contributed by atoms with van der Waals surface area (Å²) in [6.45, 7) is 2.89. The number of nitrogens with zero attached hydrogens (tertiary/aromatic N) is 4. The van der Waals surface area contributed by atoms with Crippen LogP contribution >= 0.6 is 23.1 Å². The third-order valence-electron chi connectivity index (χ3n) is 6.19. The van der Waals surface area contributed by atoms with Gasteiger partial charge in [-0.1, -0.05) is 49.0 Å². The fraction of sp³-hybridized carbons (Fsp3) is 0.280. The lowest BCUT2D eigenvalue weighted by Gasteiger charge is -2.17. The summed E-state index contributed by atoms with van der Waals surface area (Å²) in [5.74, 6) is 3.15. The molecule has 1 aliphatic carbocycles. The van der Waals surface area contributed by atoms with Gasteiger partial charge in [-0.2, -0.15) is 0 Å². The van der Waals surface area contributed by atoms with Crippen LogP contribution in [0.25, 0.3) is 21.8 Å². The minimum absolute atomic E-state index is 0.0327. The molecule has 7 nitrogen and oxygen atoms in total. The van der Waals surface area contributed by atoms with Crippen molar-refractivity contribution in [2.75, 3.05) is 0 Å². The molecule has 0 bridgehead atoms. The second kappa shape index (κ2) is 8.88. The van der Waals surface area contributed by atoms with Gasteiger partial charge in [0.1, 0.15) is 10.7 Å². The quantitative estimate of drug-likeness (QED) is 0.326. The van der Waals surface area contributed by atoms with Crippen LogP contribution in [0.3, 0.4) is 0 Å². The van der Waals surface area contributed by atoms with Gasteiger partial charge >= 0.3 is 0 Å². The van der Waals surface area contributed by atoms with E-state index in [9.17, 15) is 4.79 Å². The van der Waals surface area contributed by atoms with E-state index in [4.69, 9.17) is 9.40 Å². The van der Waals surface area contributed by atoms with Crippen LogP contribution in [-0.2, 0) is 25.1 Å². The number of aromatic nitrogens is 5. The number of aryl methyl sites for hydroxylation is 1. The van der Waals surface area contributed by atoms with Crippen LogP contribution in [-0.4, -0.2) is 24.7 Å². The molecule has 0 spiro atoms. The van der Waals surface area contributed by atoms with Crippen molar-refractivity contribution in [1.82, 2.24) is 24.7 Å². The summed E-state index contributed by atoms with van der Waals surface area (Å²) in [5.41, 5.74) is 2.31. The molecule has 5 aromatic rings. The first-order valence-electron chi connectivity index (χ1n) is 11.3. The van der Waals surface area contributed by atoms with E-state index in [1.165, 1.54) is 22.2 Å². The van der Waals surface area contributed by atoms with E-state index in [0.717, 1.165) is 40.2 Å². The summed E-state index contributed by atoms with van der Waals surface area (Å²) in [4.78, 5) is 23.0. The Morgan fingerprint density at radius 3 is 2.91 bits per heavy atom. The zero-order valence-electron chi connectivity index (χ0n) is 18.7. The van der Waals surface area contributed by atoms with Gasteiger partial charge in [0.15, 0.2) is 10.9 Å². The molecule has 1 atom stereocenters. The number of nitrogens with one attached hydrogen (secondary N) is 1. The fourth-order valence-corrected chi connectivity index (χ4v) is 6.70. The van der Waals surface area contributed by atoms with Gasteiger partial charge in [-0.05, 0) is 48.4 Å². The van der Waals surface area contributed by atoms with Crippen LogP contribution in [0.5, 0.6) is 0 Å². The largest absolute Gasteiger partial charge is 0.461 e. The molecule has 1 aromatic carbocycles. The second-order valence-electron chi connectivity index (χ2n) is 8.69.